The van der Waals surface area contributed by atoms with Crippen molar-refractivity contribution in [2.75, 3.05) is 13.7 Å². The predicted octanol–water partition coefficient (Wildman–Crippen LogP) is 0.157. The minimum atomic E-state index is -0.0149. The number of nitrogens with one attached hydrogen (secondary N) is 1. The van der Waals surface area contributed by atoms with Crippen molar-refractivity contribution in [2.45, 2.75) is 20.0 Å². The van der Waals surface area contributed by atoms with E-state index in [1.165, 1.54) is 6.92 Å². The second-order valence-electron chi connectivity index (χ2n) is 1.98. The fraction of sp³-hybridized carbons (Fsp3) is 0.833. The second kappa shape index (κ2) is 4.32. The Bertz CT molecular complexity index is 93.1. The number of rotatable bonds is 3. The average Bonchev–Trinajstić information content (AvgIpc) is 1.83. The van der Waals surface area contributed by atoms with Gasteiger partial charge in [-0.1, -0.05) is 0 Å². The Morgan fingerprint density at radius 1 is 1.78 bits per heavy atom. The van der Waals surface area contributed by atoms with Crippen LogP contribution in [0.4, 0.5) is 0 Å². The van der Waals surface area contributed by atoms with Crippen molar-refractivity contribution >= 4 is 5.91 Å². The van der Waals surface area contributed by atoms with Crippen LogP contribution in [0.3, 0.4) is 0 Å². The van der Waals surface area contributed by atoms with Crippen molar-refractivity contribution in [2.24, 2.45) is 0 Å². The largest absolute Gasteiger partial charge is 0.380 e. The lowest BCUT2D eigenvalue weighted by Crippen LogP contribution is -2.29. The molecular weight excluding hydrogens is 118 g/mol. The van der Waals surface area contributed by atoms with E-state index in [9.17, 15) is 4.79 Å². The highest BCUT2D eigenvalue weighted by Gasteiger charge is 1.97. The van der Waals surface area contributed by atoms with Gasteiger partial charge in [0.2, 0.25) is 5.91 Å². The zero-order valence-electron chi connectivity index (χ0n) is 6.10. The molecule has 0 aliphatic heterocycles. The highest BCUT2D eigenvalue weighted by molar-refractivity contribution is 5.72. The molecule has 3 heteroatoms. The Morgan fingerprint density at radius 3 is 2.67 bits per heavy atom. The Kier molecular flexibility index (Phi) is 4.05. The Hall–Kier alpha value is -0.570. The molecule has 1 atom stereocenters. The molecule has 0 spiro atoms. The lowest BCUT2D eigenvalue weighted by Gasteiger charge is -2.08. The maximum atomic E-state index is 10.3. The van der Waals surface area contributed by atoms with Crippen LogP contribution in [-0.4, -0.2) is 25.7 Å². The molecule has 0 bridgehead atoms. The Labute approximate surface area is 55.4 Å². The summed E-state index contributed by atoms with van der Waals surface area (Å²) in [5.41, 5.74) is 0. The van der Waals surface area contributed by atoms with E-state index in [-0.39, 0.29) is 12.0 Å². The van der Waals surface area contributed by atoms with Gasteiger partial charge in [-0.3, -0.25) is 4.79 Å². The van der Waals surface area contributed by atoms with Gasteiger partial charge in [-0.15, -0.1) is 0 Å². The van der Waals surface area contributed by atoms with Crippen LogP contribution >= 0.6 is 0 Å². The number of hydrogen-bond acceptors (Lipinski definition) is 2. The van der Waals surface area contributed by atoms with Crippen molar-refractivity contribution in [1.29, 1.82) is 0 Å². The normalized spacial score (nSPS) is 12.8. The summed E-state index contributed by atoms with van der Waals surface area (Å²) < 4.78 is 4.89. The molecule has 1 N–H and O–H groups in total. The highest BCUT2D eigenvalue weighted by Crippen LogP contribution is 1.82. The van der Waals surface area contributed by atoms with E-state index in [2.05, 4.69) is 5.32 Å². The Balaban J connectivity index is 3.16. The molecule has 0 rings (SSSR count). The van der Waals surface area contributed by atoms with Crippen molar-refractivity contribution in [3.8, 4) is 0 Å². The van der Waals surface area contributed by atoms with Gasteiger partial charge >= 0.3 is 0 Å². The molecule has 0 saturated heterocycles. The van der Waals surface area contributed by atoms with Gasteiger partial charge in [0, 0.05) is 20.6 Å². The monoisotopic (exact) mass is 131 g/mol. The summed E-state index contributed by atoms with van der Waals surface area (Å²) in [5.74, 6) is -0.0149. The molecule has 1 unspecified atom stereocenters. The number of hydrogen-bond donors (Lipinski definition) is 1. The molecule has 0 aromatic carbocycles. The summed E-state index contributed by atoms with van der Waals surface area (Å²) in [4.78, 5) is 10.3. The number of carbonyl (C=O) groups is 1. The van der Waals surface area contributed by atoms with Crippen LogP contribution in [0, 0.1) is 0 Å². The van der Waals surface area contributed by atoms with Gasteiger partial charge in [-0.05, 0) is 6.92 Å². The third kappa shape index (κ3) is 5.30. The molecule has 0 aliphatic rings. The van der Waals surface area contributed by atoms with Crippen molar-refractivity contribution in [1.82, 2.24) is 5.32 Å². The second-order valence-corrected chi connectivity index (χ2v) is 1.98. The Morgan fingerprint density at radius 2 is 2.33 bits per heavy atom. The third-order valence-electron chi connectivity index (χ3n) is 1.04. The third-order valence-corrected chi connectivity index (χ3v) is 1.04. The van der Waals surface area contributed by atoms with Crippen LogP contribution in [0.25, 0.3) is 0 Å². The fourth-order valence-electron chi connectivity index (χ4n) is 0.371. The van der Waals surface area contributed by atoms with Gasteiger partial charge < -0.3 is 10.1 Å². The SMILES string of the molecule is COC(C)CNC(C)=O. The lowest BCUT2D eigenvalue weighted by molar-refractivity contribution is -0.119. The van der Waals surface area contributed by atoms with E-state index in [0.29, 0.717) is 6.54 Å². The molecule has 0 fully saturated rings. The van der Waals surface area contributed by atoms with Crippen molar-refractivity contribution in [3.63, 3.8) is 0 Å². The molecule has 0 heterocycles. The van der Waals surface area contributed by atoms with Crippen molar-refractivity contribution in [3.05, 3.63) is 0 Å². The minimum absolute atomic E-state index is 0.0149. The highest BCUT2D eigenvalue weighted by atomic mass is 16.5. The molecule has 9 heavy (non-hydrogen) atoms. The number of carbonyl (C=O) groups excluding carboxylic acids is 1. The molecule has 0 radical (unpaired) electrons. The lowest BCUT2D eigenvalue weighted by atomic mass is 10.4. The van der Waals surface area contributed by atoms with Crippen molar-refractivity contribution < 1.29 is 9.53 Å². The van der Waals surface area contributed by atoms with Crippen LogP contribution in [0.1, 0.15) is 13.8 Å². The van der Waals surface area contributed by atoms with E-state index in [1.54, 1.807) is 7.11 Å². The molecular formula is C6H13NO2. The van der Waals surface area contributed by atoms with E-state index >= 15 is 0 Å². The van der Waals surface area contributed by atoms with Crippen LogP contribution in [-0.2, 0) is 9.53 Å². The molecule has 0 aliphatic carbocycles. The van der Waals surface area contributed by atoms with E-state index in [0.717, 1.165) is 0 Å². The predicted molar refractivity (Wildman–Crippen MR) is 35.2 cm³/mol. The van der Waals surface area contributed by atoms with Crippen LogP contribution in [0.15, 0.2) is 0 Å². The summed E-state index contributed by atoms with van der Waals surface area (Å²) in [5, 5.41) is 2.63. The fourth-order valence-corrected chi connectivity index (χ4v) is 0.371. The zero-order valence-corrected chi connectivity index (χ0v) is 6.10. The topological polar surface area (TPSA) is 38.3 Å². The van der Waals surface area contributed by atoms with Crippen LogP contribution in [0.5, 0.6) is 0 Å². The maximum absolute atomic E-state index is 10.3. The first kappa shape index (κ1) is 8.43. The van der Waals surface area contributed by atoms with E-state index in [4.69, 9.17) is 4.74 Å². The summed E-state index contributed by atoms with van der Waals surface area (Å²) in [6.07, 6.45) is 0.105. The summed E-state index contributed by atoms with van der Waals surface area (Å²) >= 11 is 0. The van der Waals surface area contributed by atoms with Gasteiger partial charge in [-0.25, -0.2) is 0 Å². The standard InChI is InChI=1S/C6H13NO2/c1-5(9-3)4-7-6(2)8/h5H,4H2,1-3H3,(H,7,8). The first-order valence-electron chi connectivity index (χ1n) is 2.94. The quantitative estimate of drug-likeness (QED) is 0.592. The smallest absolute Gasteiger partial charge is 0.216 e. The number of ether oxygens (including phenoxy) is 1. The molecule has 3 nitrogen and oxygen atoms in total. The first-order valence-corrected chi connectivity index (χ1v) is 2.94. The summed E-state index contributed by atoms with van der Waals surface area (Å²) in [7, 11) is 1.62. The van der Waals surface area contributed by atoms with Crippen LogP contribution < -0.4 is 5.32 Å². The van der Waals surface area contributed by atoms with Gasteiger partial charge in [0.15, 0.2) is 0 Å². The maximum Gasteiger partial charge on any atom is 0.216 e. The number of methoxy groups -OCH3 is 1. The van der Waals surface area contributed by atoms with Gasteiger partial charge in [0.25, 0.3) is 0 Å². The molecule has 1 amide bonds. The molecule has 0 aromatic heterocycles. The van der Waals surface area contributed by atoms with Gasteiger partial charge in [-0.2, -0.15) is 0 Å². The summed E-state index contributed by atoms with van der Waals surface area (Å²) in [6.45, 7) is 3.98. The van der Waals surface area contributed by atoms with Crippen LogP contribution in [0.2, 0.25) is 0 Å². The zero-order chi connectivity index (χ0) is 7.28. The molecule has 0 aromatic rings. The minimum Gasteiger partial charge on any atom is -0.380 e. The first-order chi connectivity index (χ1) is 4.16. The van der Waals surface area contributed by atoms with E-state index in [1.807, 2.05) is 6.92 Å². The molecule has 0 saturated carbocycles. The number of amides is 1. The van der Waals surface area contributed by atoms with Gasteiger partial charge in [0.1, 0.15) is 0 Å². The molecule has 54 valence electrons. The summed E-state index contributed by atoms with van der Waals surface area (Å²) in [6, 6.07) is 0. The van der Waals surface area contributed by atoms with E-state index < -0.39 is 0 Å². The van der Waals surface area contributed by atoms with Gasteiger partial charge in [0.05, 0.1) is 6.10 Å². The average molecular weight is 131 g/mol.